The molecule has 0 aliphatic rings. The van der Waals surface area contributed by atoms with Gasteiger partial charge in [-0.05, 0) is 6.92 Å². The highest BCUT2D eigenvalue weighted by Crippen LogP contribution is 2.06. The van der Waals surface area contributed by atoms with Crippen molar-refractivity contribution in [3.05, 3.63) is 12.2 Å². The predicted octanol–water partition coefficient (Wildman–Crippen LogP) is -0.189. The number of aliphatic hydroxyl groups excluding tert-OH is 1. The maximum Gasteiger partial charge on any atom is 0.273 e. The van der Waals surface area contributed by atoms with E-state index in [0.717, 1.165) is 0 Å². The Morgan fingerprint density at radius 1 is 1.70 bits per heavy atom. The summed E-state index contributed by atoms with van der Waals surface area (Å²) in [5.74, 6) is 0. The van der Waals surface area contributed by atoms with Gasteiger partial charge in [0.25, 0.3) is 10.1 Å². The van der Waals surface area contributed by atoms with Crippen LogP contribution in [0.3, 0.4) is 0 Å². The van der Waals surface area contributed by atoms with Crippen LogP contribution >= 0.6 is 0 Å². The van der Waals surface area contributed by atoms with Crippen molar-refractivity contribution in [2.45, 2.75) is 12.2 Å². The molecule has 0 rings (SSSR count). The lowest BCUT2D eigenvalue weighted by molar-refractivity contribution is 0.294. The molecule has 5 heteroatoms. The zero-order chi connectivity index (χ0) is 8.36. The Morgan fingerprint density at radius 3 is 2.10 bits per heavy atom. The summed E-state index contributed by atoms with van der Waals surface area (Å²) >= 11 is 0. The number of rotatable bonds is 3. The zero-order valence-corrected chi connectivity index (χ0v) is 6.43. The fraction of sp³-hybridized carbons (Fsp3) is 0.600. The van der Waals surface area contributed by atoms with Crippen molar-refractivity contribution in [1.29, 1.82) is 0 Å². The quantitative estimate of drug-likeness (QED) is 0.450. The molecule has 0 bridgehead atoms. The van der Waals surface area contributed by atoms with Gasteiger partial charge in [-0.2, -0.15) is 8.42 Å². The molecule has 0 fully saturated rings. The van der Waals surface area contributed by atoms with Crippen LogP contribution in [0.1, 0.15) is 6.92 Å². The molecule has 1 unspecified atom stereocenters. The van der Waals surface area contributed by atoms with E-state index >= 15 is 0 Å². The molecule has 0 aromatic carbocycles. The van der Waals surface area contributed by atoms with Gasteiger partial charge >= 0.3 is 0 Å². The summed E-state index contributed by atoms with van der Waals surface area (Å²) in [5.41, 5.74) is 0.227. The van der Waals surface area contributed by atoms with Gasteiger partial charge < -0.3 is 5.11 Å². The third kappa shape index (κ3) is 2.47. The Balaban J connectivity index is 4.55. The Morgan fingerprint density at radius 2 is 2.10 bits per heavy atom. The second kappa shape index (κ2) is 3.14. The van der Waals surface area contributed by atoms with Crippen LogP contribution in [-0.2, 0) is 10.1 Å². The van der Waals surface area contributed by atoms with Gasteiger partial charge in [0, 0.05) is 0 Å². The van der Waals surface area contributed by atoms with Crippen LogP contribution in [0.15, 0.2) is 12.2 Å². The lowest BCUT2D eigenvalue weighted by atomic mass is 10.2. The topological polar surface area (TPSA) is 74.6 Å². The molecule has 0 saturated carbocycles. The normalized spacial score (nSPS) is 14.7. The van der Waals surface area contributed by atoms with E-state index in [4.69, 9.17) is 9.66 Å². The number of hydrogen-bond donors (Lipinski definition) is 2. The maximum atomic E-state index is 10.3. The predicted molar refractivity (Wildman–Crippen MR) is 37.2 cm³/mol. The highest BCUT2D eigenvalue weighted by atomic mass is 32.2. The van der Waals surface area contributed by atoms with E-state index in [-0.39, 0.29) is 5.57 Å². The molecule has 10 heavy (non-hydrogen) atoms. The van der Waals surface area contributed by atoms with Crippen molar-refractivity contribution in [2.75, 3.05) is 6.61 Å². The standard InChI is InChI=1S/C5H10O4S/c1-4(2)5(3-6)10(7,8)9/h5-6H,1,3H2,2H3,(H,7,8,9). The van der Waals surface area contributed by atoms with Crippen molar-refractivity contribution >= 4 is 10.1 Å². The Hall–Kier alpha value is -0.390. The minimum Gasteiger partial charge on any atom is -0.395 e. The summed E-state index contributed by atoms with van der Waals surface area (Å²) in [4.78, 5) is 0. The summed E-state index contributed by atoms with van der Waals surface area (Å²) in [5, 5.41) is 7.19. The van der Waals surface area contributed by atoms with Crippen molar-refractivity contribution in [3.63, 3.8) is 0 Å². The van der Waals surface area contributed by atoms with Gasteiger partial charge in [0.2, 0.25) is 0 Å². The van der Waals surface area contributed by atoms with Crippen LogP contribution in [-0.4, -0.2) is 29.9 Å². The minimum atomic E-state index is -4.16. The fourth-order valence-electron chi connectivity index (χ4n) is 0.504. The molecule has 0 spiro atoms. The third-order valence-electron chi connectivity index (χ3n) is 1.08. The lowest BCUT2D eigenvalue weighted by Gasteiger charge is -2.08. The molecule has 0 aliphatic carbocycles. The van der Waals surface area contributed by atoms with Gasteiger partial charge in [-0.3, -0.25) is 4.55 Å². The summed E-state index contributed by atoms with van der Waals surface area (Å²) in [6.45, 7) is 4.09. The average Bonchev–Trinajstić information content (AvgIpc) is 1.60. The van der Waals surface area contributed by atoms with E-state index in [1.54, 1.807) is 0 Å². The Kier molecular flexibility index (Phi) is 3.01. The van der Waals surface area contributed by atoms with E-state index in [1.807, 2.05) is 0 Å². The molecule has 0 amide bonds. The lowest BCUT2D eigenvalue weighted by Crippen LogP contribution is -2.25. The monoisotopic (exact) mass is 166 g/mol. The molecule has 60 valence electrons. The van der Waals surface area contributed by atoms with Gasteiger partial charge in [0.1, 0.15) is 5.25 Å². The van der Waals surface area contributed by atoms with Crippen molar-refractivity contribution in [1.82, 2.24) is 0 Å². The van der Waals surface area contributed by atoms with E-state index in [2.05, 4.69) is 6.58 Å². The van der Waals surface area contributed by atoms with Crippen LogP contribution in [0, 0.1) is 0 Å². The molecular weight excluding hydrogens is 156 g/mol. The first-order valence-electron chi connectivity index (χ1n) is 2.62. The van der Waals surface area contributed by atoms with Crippen LogP contribution in [0.2, 0.25) is 0 Å². The highest BCUT2D eigenvalue weighted by Gasteiger charge is 2.21. The molecule has 1 atom stereocenters. The molecular formula is C5H10O4S. The molecule has 0 saturated heterocycles. The van der Waals surface area contributed by atoms with Crippen molar-refractivity contribution < 1.29 is 18.1 Å². The molecule has 2 N–H and O–H groups in total. The average molecular weight is 166 g/mol. The Labute approximate surface area is 59.9 Å². The molecule has 0 radical (unpaired) electrons. The van der Waals surface area contributed by atoms with E-state index < -0.39 is 22.0 Å². The van der Waals surface area contributed by atoms with Crippen molar-refractivity contribution in [2.24, 2.45) is 0 Å². The van der Waals surface area contributed by atoms with Gasteiger partial charge in [-0.1, -0.05) is 12.2 Å². The summed E-state index contributed by atoms with van der Waals surface area (Å²) < 4.78 is 29.1. The molecule has 4 nitrogen and oxygen atoms in total. The van der Waals surface area contributed by atoms with Crippen LogP contribution in [0.25, 0.3) is 0 Å². The van der Waals surface area contributed by atoms with Crippen LogP contribution in [0.4, 0.5) is 0 Å². The number of hydrogen-bond acceptors (Lipinski definition) is 3. The smallest absolute Gasteiger partial charge is 0.273 e. The largest absolute Gasteiger partial charge is 0.395 e. The van der Waals surface area contributed by atoms with Gasteiger partial charge in [0.15, 0.2) is 0 Å². The maximum absolute atomic E-state index is 10.3. The molecule has 0 aromatic rings. The van der Waals surface area contributed by atoms with Crippen LogP contribution < -0.4 is 0 Å². The van der Waals surface area contributed by atoms with Crippen molar-refractivity contribution in [3.8, 4) is 0 Å². The first kappa shape index (κ1) is 9.61. The van der Waals surface area contributed by atoms with E-state index in [1.165, 1.54) is 6.92 Å². The second-order valence-electron chi connectivity index (χ2n) is 2.03. The Bertz CT molecular complexity index is 216. The second-order valence-corrected chi connectivity index (χ2v) is 3.63. The number of aliphatic hydroxyl groups is 1. The molecule has 0 heterocycles. The zero-order valence-electron chi connectivity index (χ0n) is 5.61. The highest BCUT2D eigenvalue weighted by molar-refractivity contribution is 7.86. The molecule has 0 aromatic heterocycles. The molecule has 0 aliphatic heterocycles. The first-order valence-corrected chi connectivity index (χ1v) is 4.12. The van der Waals surface area contributed by atoms with Gasteiger partial charge in [0.05, 0.1) is 6.61 Å². The summed E-state index contributed by atoms with van der Waals surface area (Å²) in [6, 6.07) is 0. The van der Waals surface area contributed by atoms with E-state index in [0.29, 0.717) is 0 Å². The minimum absolute atomic E-state index is 0.227. The van der Waals surface area contributed by atoms with E-state index in [9.17, 15) is 8.42 Å². The summed E-state index contributed by atoms with van der Waals surface area (Å²) in [6.07, 6.45) is 0. The van der Waals surface area contributed by atoms with Crippen LogP contribution in [0.5, 0.6) is 0 Å². The SMILES string of the molecule is C=C(C)C(CO)S(=O)(=O)O. The fourth-order valence-corrected chi connectivity index (χ4v) is 1.20. The van der Waals surface area contributed by atoms with Gasteiger partial charge in [-0.25, -0.2) is 0 Å². The first-order chi connectivity index (χ1) is 4.39. The summed E-state index contributed by atoms with van der Waals surface area (Å²) in [7, 11) is -4.16. The van der Waals surface area contributed by atoms with Gasteiger partial charge in [-0.15, -0.1) is 0 Å². The third-order valence-corrected chi connectivity index (χ3v) is 2.35.